The van der Waals surface area contributed by atoms with E-state index in [1.807, 2.05) is 61.5 Å². The summed E-state index contributed by atoms with van der Waals surface area (Å²) in [5.74, 6) is 1.37. The fraction of sp³-hybridized carbons (Fsp3) is 0.103. The largest absolute Gasteiger partial charge is 0.490 e. The topological polar surface area (TPSA) is 52.8 Å². The summed E-state index contributed by atoms with van der Waals surface area (Å²) in [4.78, 5) is 18.5. The van der Waals surface area contributed by atoms with Crippen LogP contribution >= 0.6 is 33.9 Å². The normalized spacial score (nSPS) is 12.1. The Hall–Kier alpha value is -3.43. The second-order valence-corrected chi connectivity index (χ2v) is 10.5. The lowest BCUT2D eigenvalue weighted by Crippen LogP contribution is -2.22. The Balaban J connectivity index is 1.35. The van der Waals surface area contributed by atoms with Gasteiger partial charge in [0.05, 0.1) is 25.7 Å². The Labute approximate surface area is 224 Å². The smallest absolute Gasteiger partial charge is 0.274 e. The lowest BCUT2D eigenvalue weighted by Gasteiger charge is -2.15. The van der Waals surface area contributed by atoms with E-state index in [1.54, 1.807) is 4.40 Å². The first-order valence-corrected chi connectivity index (χ1v) is 13.5. The van der Waals surface area contributed by atoms with Gasteiger partial charge in [-0.1, -0.05) is 59.9 Å². The van der Waals surface area contributed by atoms with E-state index in [9.17, 15) is 4.79 Å². The lowest BCUT2D eigenvalue weighted by atomic mass is 10.1. The number of thiazole rings is 1. The summed E-state index contributed by atoms with van der Waals surface area (Å²) in [6.07, 6.45) is 1.90. The molecule has 0 saturated carbocycles. The zero-order valence-corrected chi connectivity index (χ0v) is 22.4. The van der Waals surface area contributed by atoms with Gasteiger partial charge in [0.2, 0.25) is 0 Å². The third-order valence-corrected chi connectivity index (χ3v) is 7.74. The van der Waals surface area contributed by atoms with Gasteiger partial charge in [-0.2, -0.15) is 0 Å². The van der Waals surface area contributed by atoms with Gasteiger partial charge in [0.25, 0.3) is 5.56 Å². The minimum absolute atomic E-state index is 0.0618. The number of rotatable bonds is 6. The van der Waals surface area contributed by atoms with E-state index in [0.717, 1.165) is 25.7 Å². The highest BCUT2D eigenvalue weighted by atomic mass is 127. The first kappa shape index (κ1) is 23.0. The molecule has 6 rings (SSSR count). The zero-order valence-electron chi connectivity index (χ0n) is 19.4. The summed E-state index contributed by atoms with van der Waals surface area (Å²) in [5.41, 5.74) is 3.57. The van der Waals surface area contributed by atoms with E-state index in [-0.39, 0.29) is 5.56 Å². The van der Waals surface area contributed by atoms with Crippen LogP contribution in [-0.2, 0) is 6.61 Å². The molecule has 0 radical (unpaired) electrons. The summed E-state index contributed by atoms with van der Waals surface area (Å²) >= 11 is 3.66. The van der Waals surface area contributed by atoms with Crippen LogP contribution in [0.4, 0.5) is 0 Å². The van der Waals surface area contributed by atoms with E-state index in [4.69, 9.17) is 9.47 Å². The number of hydrogen-bond donors (Lipinski definition) is 0. The van der Waals surface area contributed by atoms with Crippen molar-refractivity contribution >= 4 is 66.8 Å². The molecule has 0 spiro atoms. The molecule has 36 heavy (non-hydrogen) atoms. The second-order valence-electron chi connectivity index (χ2n) is 8.37. The maximum Gasteiger partial charge on any atom is 0.274 e. The van der Waals surface area contributed by atoms with E-state index in [0.29, 0.717) is 34.2 Å². The number of imidazole rings is 1. The first-order valence-electron chi connectivity index (χ1n) is 11.6. The average Bonchev–Trinajstić information content (AvgIpc) is 3.39. The highest BCUT2D eigenvalue weighted by molar-refractivity contribution is 14.1. The maximum absolute atomic E-state index is 13.2. The molecule has 0 bridgehead atoms. The Morgan fingerprint density at radius 2 is 1.78 bits per heavy atom. The molecule has 2 heterocycles. The summed E-state index contributed by atoms with van der Waals surface area (Å²) in [7, 11) is 0. The van der Waals surface area contributed by atoms with Crippen LogP contribution in [-0.4, -0.2) is 16.0 Å². The molecule has 0 amide bonds. The predicted molar refractivity (Wildman–Crippen MR) is 154 cm³/mol. The molecule has 0 saturated heterocycles. The molecule has 4 aromatic carbocycles. The molecule has 0 N–H and O–H groups in total. The molecule has 7 heteroatoms. The lowest BCUT2D eigenvalue weighted by molar-refractivity contribution is 0.267. The van der Waals surface area contributed by atoms with Gasteiger partial charge in [-0.05, 0) is 87.8 Å². The number of halogens is 1. The van der Waals surface area contributed by atoms with Gasteiger partial charge in [0.15, 0.2) is 16.5 Å². The number of benzene rings is 4. The number of ether oxygens (including phenoxy) is 2. The van der Waals surface area contributed by atoms with Gasteiger partial charge in [-0.15, -0.1) is 0 Å². The third-order valence-electron chi connectivity index (χ3n) is 5.97. The molecule has 0 aliphatic heterocycles. The van der Waals surface area contributed by atoms with E-state index in [2.05, 4.69) is 57.9 Å². The molecule has 178 valence electrons. The number of aromatic nitrogens is 2. The maximum atomic E-state index is 13.2. The van der Waals surface area contributed by atoms with Crippen molar-refractivity contribution in [2.24, 2.45) is 0 Å². The molecule has 0 fully saturated rings. The fourth-order valence-electron chi connectivity index (χ4n) is 4.32. The Kier molecular flexibility index (Phi) is 6.10. The van der Waals surface area contributed by atoms with Crippen molar-refractivity contribution in [2.45, 2.75) is 13.5 Å². The van der Waals surface area contributed by atoms with Crippen molar-refractivity contribution < 1.29 is 9.47 Å². The minimum Gasteiger partial charge on any atom is -0.490 e. The predicted octanol–water partition coefficient (Wildman–Crippen LogP) is 6.19. The van der Waals surface area contributed by atoms with E-state index in [1.165, 1.54) is 22.1 Å². The third kappa shape index (κ3) is 4.22. The van der Waals surface area contributed by atoms with Crippen molar-refractivity contribution in [3.63, 3.8) is 0 Å². The second kappa shape index (κ2) is 9.55. The Bertz CT molecular complexity index is 1860. The Morgan fingerprint density at radius 3 is 2.64 bits per heavy atom. The number of fused-ring (bicyclic) bond motifs is 4. The molecule has 0 atom stereocenters. The van der Waals surface area contributed by atoms with Crippen LogP contribution in [0.1, 0.15) is 18.1 Å². The van der Waals surface area contributed by atoms with Crippen molar-refractivity contribution in [1.29, 1.82) is 0 Å². The van der Waals surface area contributed by atoms with Crippen LogP contribution in [0.3, 0.4) is 0 Å². The van der Waals surface area contributed by atoms with Crippen LogP contribution in [0.15, 0.2) is 83.7 Å². The highest BCUT2D eigenvalue weighted by Gasteiger charge is 2.14. The monoisotopic (exact) mass is 604 g/mol. The van der Waals surface area contributed by atoms with Crippen molar-refractivity contribution in [3.8, 4) is 11.5 Å². The molecular formula is C29H21IN2O3S. The highest BCUT2D eigenvalue weighted by Crippen LogP contribution is 2.35. The van der Waals surface area contributed by atoms with Gasteiger partial charge >= 0.3 is 0 Å². The molecule has 6 aromatic rings. The molecular weight excluding hydrogens is 583 g/mol. The van der Waals surface area contributed by atoms with Gasteiger partial charge in [-0.25, -0.2) is 9.38 Å². The van der Waals surface area contributed by atoms with Crippen LogP contribution in [0.25, 0.3) is 32.8 Å². The molecule has 5 nitrogen and oxygen atoms in total. The standard InChI is InChI=1S/C29H21IN2O3S/c1-2-34-25-15-19(16-26-28(33)32-24-10-6-5-9-23(24)31-29(32)36-26)14-22(30)27(25)35-17-18-11-12-20-7-3-4-8-21(20)13-18/h3-16H,2,17H2,1H3/b26-16-. The molecule has 2 aromatic heterocycles. The zero-order chi connectivity index (χ0) is 24.6. The summed E-state index contributed by atoms with van der Waals surface area (Å²) < 4.78 is 15.4. The quantitative estimate of drug-likeness (QED) is 0.213. The van der Waals surface area contributed by atoms with Crippen molar-refractivity contribution in [2.75, 3.05) is 6.61 Å². The van der Waals surface area contributed by atoms with Crippen LogP contribution < -0.4 is 19.6 Å². The minimum atomic E-state index is -0.0618. The van der Waals surface area contributed by atoms with Crippen molar-refractivity contribution in [3.05, 3.63) is 108 Å². The van der Waals surface area contributed by atoms with Gasteiger partial charge in [0.1, 0.15) is 6.61 Å². The van der Waals surface area contributed by atoms with Crippen molar-refractivity contribution in [1.82, 2.24) is 9.38 Å². The van der Waals surface area contributed by atoms with Crippen LogP contribution in [0, 0.1) is 3.57 Å². The van der Waals surface area contributed by atoms with Gasteiger partial charge in [0, 0.05) is 0 Å². The Morgan fingerprint density at radius 1 is 0.972 bits per heavy atom. The van der Waals surface area contributed by atoms with Crippen LogP contribution in [0.2, 0.25) is 0 Å². The number of nitrogens with zero attached hydrogens (tertiary/aromatic N) is 2. The SMILES string of the molecule is CCOc1cc(/C=c2\sc3nc4ccccc4n3c2=O)cc(I)c1OCc1ccc2ccccc2c1. The fourth-order valence-corrected chi connectivity index (χ4v) is 6.09. The molecule has 0 unspecified atom stereocenters. The summed E-state index contributed by atoms with van der Waals surface area (Å²) in [6, 6.07) is 26.3. The summed E-state index contributed by atoms with van der Waals surface area (Å²) in [6.45, 7) is 2.90. The van der Waals surface area contributed by atoms with Gasteiger partial charge in [-0.3, -0.25) is 4.79 Å². The van der Waals surface area contributed by atoms with E-state index < -0.39 is 0 Å². The van der Waals surface area contributed by atoms with Gasteiger partial charge < -0.3 is 9.47 Å². The van der Waals surface area contributed by atoms with E-state index >= 15 is 0 Å². The van der Waals surface area contributed by atoms with Crippen LogP contribution in [0.5, 0.6) is 11.5 Å². The number of para-hydroxylation sites is 2. The summed E-state index contributed by atoms with van der Waals surface area (Å²) in [5, 5.41) is 2.39. The average molecular weight is 604 g/mol. The molecule has 0 aliphatic carbocycles. The number of hydrogen-bond acceptors (Lipinski definition) is 5. The molecule has 0 aliphatic rings. The first-order chi connectivity index (χ1) is 17.6.